The van der Waals surface area contributed by atoms with Gasteiger partial charge in [0.25, 0.3) is 0 Å². The van der Waals surface area contributed by atoms with E-state index >= 15 is 0 Å². The first-order valence-electron chi connectivity index (χ1n) is 9.57. The fourth-order valence-electron chi connectivity index (χ4n) is 2.66. The summed E-state index contributed by atoms with van der Waals surface area (Å²) in [5.74, 6) is 2.46. The minimum absolute atomic E-state index is 0.635. The Balaban J connectivity index is 1.74. The fourth-order valence-corrected chi connectivity index (χ4v) is 2.66. The largest absolute Gasteiger partial charge is 0.497 e. The molecule has 2 N–H and O–H groups in total. The van der Waals surface area contributed by atoms with Gasteiger partial charge in [-0.3, -0.25) is 4.99 Å². The Kier molecular flexibility index (Phi) is 9.72. The number of methoxy groups -OCH3 is 2. The topological polar surface area (TPSA) is 64.1 Å². The average molecular weight is 386 g/mol. The lowest BCUT2D eigenvalue weighted by Gasteiger charge is -2.13. The highest BCUT2D eigenvalue weighted by Crippen LogP contribution is 2.17. The number of anilines is 1. The number of aryl methyl sites for hydroxylation is 1. The molecule has 0 aromatic heterocycles. The second-order valence-corrected chi connectivity index (χ2v) is 6.30. The average Bonchev–Trinajstić information content (AvgIpc) is 2.74. The van der Waals surface area contributed by atoms with Crippen molar-refractivity contribution in [2.24, 2.45) is 4.99 Å². The van der Waals surface area contributed by atoms with Gasteiger partial charge in [0, 0.05) is 45.5 Å². The number of rotatable bonds is 11. The monoisotopic (exact) mass is 385 g/mol. The predicted molar refractivity (Wildman–Crippen MR) is 115 cm³/mol. The Morgan fingerprint density at radius 1 is 0.964 bits per heavy atom. The van der Waals surface area contributed by atoms with Crippen molar-refractivity contribution in [3.8, 4) is 11.5 Å². The Bertz CT molecular complexity index is 717. The SMILES string of the molecule is CN=C(NCCCc1ccc(OC)cc1)Nc1cccc(OCCCOC)c1. The first-order valence-corrected chi connectivity index (χ1v) is 9.57. The minimum atomic E-state index is 0.635. The zero-order valence-corrected chi connectivity index (χ0v) is 17.0. The summed E-state index contributed by atoms with van der Waals surface area (Å²) in [6.45, 7) is 2.17. The molecule has 0 saturated carbocycles. The Morgan fingerprint density at radius 3 is 2.50 bits per heavy atom. The fraction of sp³-hybridized carbons (Fsp3) is 0.409. The molecular formula is C22H31N3O3. The highest BCUT2D eigenvalue weighted by atomic mass is 16.5. The van der Waals surface area contributed by atoms with E-state index in [2.05, 4.69) is 27.8 Å². The molecule has 6 heteroatoms. The van der Waals surface area contributed by atoms with Gasteiger partial charge in [0.1, 0.15) is 11.5 Å². The van der Waals surface area contributed by atoms with E-state index in [1.807, 2.05) is 36.4 Å². The molecule has 0 fully saturated rings. The first kappa shape index (κ1) is 21.6. The Hall–Kier alpha value is -2.73. The normalized spacial score (nSPS) is 11.2. The van der Waals surface area contributed by atoms with Crippen LogP contribution >= 0.6 is 0 Å². The van der Waals surface area contributed by atoms with E-state index in [-0.39, 0.29) is 0 Å². The molecule has 6 nitrogen and oxygen atoms in total. The lowest BCUT2D eigenvalue weighted by atomic mass is 10.1. The van der Waals surface area contributed by atoms with Crippen LogP contribution in [-0.4, -0.2) is 47.0 Å². The molecule has 0 atom stereocenters. The summed E-state index contributed by atoms with van der Waals surface area (Å²) in [7, 11) is 5.14. The van der Waals surface area contributed by atoms with Gasteiger partial charge in [-0.1, -0.05) is 18.2 Å². The van der Waals surface area contributed by atoms with Crippen molar-refractivity contribution in [2.75, 3.05) is 46.3 Å². The molecule has 0 aliphatic carbocycles. The van der Waals surface area contributed by atoms with Gasteiger partial charge in [-0.25, -0.2) is 0 Å². The summed E-state index contributed by atoms with van der Waals surface area (Å²) < 4.78 is 16.0. The van der Waals surface area contributed by atoms with Gasteiger partial charge < -0.3 is 24.8 Å². The number of aliphatic imine (C=N–C) groups is 1. The molecule has 152 valence electrons. The number of hydrogen-bond donors (Lipinski definition) is 2. The lowest BCUT2D eigenvalue weighted by molar-refractivity contribution is 0.172. The molecule has 2 aromatic rings. The van der Waals surface area contributed by atoms with Crippen molar-refractivity contribution in [1.29, 1.82) is 0 Å². The minimum Gasteiger partial charge on any atom is -0.497 e. The standard InChI is InChI=1S/C22H31N3O3/c1-23-22(24-14-5-7-18-10-12-20(27-3)13-11-18)25-19-8-4-9-21(17-19)28-16-6-15-26-2/h4,8-13,17H,5-7,14-16H2,1-3H3,(H2,23,24,25). The van der Waals surface area contributed by atoms with Gasteiger partial charge in [-0.15, -0.1) is 0 Å². The van der Waals surface area contributed by atoms with Crippen molar-refractivity contribution in [3.05, 3.63) is 54.1 Å². The van der Waals surface area contributed by atoms with Gasteiger partial charge in [0.2, 0.25) is 0 Å². The summed E-state index contributed by atoms with van der Waals surface area (Å²) in [5, 5.41) is 6.65. The van der Waals surface area contributed by atoms with E-state index in [0.29, 0.717) is 13.2 Å². The molecule has 0 saturated heterocycles. The van der Waals surface area contributed by atoms with Crippen LogP contribution in [0.5, 0.6) is 11.5 Å². The maximum atomic E-state index is 5.74. The van der Waals surface area contributed by atoms with E-state index in [9.17, 15) is 0 Å². The highest BCUT2D eigenvalue weighted by Gasteiger charge is 2.02. The van der Waals surface area contributed by atoms with E-state index in [1.54, 1.807) is 21.3 Å². The molecule has 0 spiro atoms. The second-order valence-electron chi connectivity index (χ2n) is 6.30. The molecule has 0 unspecified atom stereocenters. The quantitative estimate of drug-likeness (QED) is 0.351. The number of nitrogens with one attached hydrogen (secondary N) is 2. The predicted octanol–water partition coefficient (Wildman–Crippen LogP) is 3.73. The Morgan fingerprint density at radius 2 is 1.79 bits per heavy atom. The van der Waals surface area contributed by atoms with Crippen molar-refractivity contribution >= 4 is 11.6 Å². The third kappa shape index (κ3) is 7.88. The van der Waals surface area contributed by atoms with Gasteiger partial charge in [-0.2, -0.15) is 0 Å². The molecule has 2 rings (SSSR count). The molecular weight excluding hydrogens is 354 g/mol. The zero-order valence-electron chi connectivity index (χ0n) is 17.0. The summed E-state index contributed by atoms with van der Waals surface area (Å²) in [6.07, 6.45) is 2.88. The van der Waals surface area contributed by atoms with Crippen LogP contribution in [-0.2, 0) is 11.2 Å². The highest BCUT2D eigenvalue weighted by molar-refractivity contribution is 5.93. The van der Waals surface area contributed by atoms with Crippen LogP contribution in [0.3, 0.4) is 0 Å². The maximum Gasteiger partial charge on any atom is 0.195 e. The van der Waals surface area contributed by atoms with Gasteiger partial charge in [0.15, 0.2) is 5.96 Å². The Labute approximate surface area is 167 Å². The molecule has 2 aromatic carbocycles. The lowest BCUT2D eigenvalue weighted by Crippen LogP contribution is -2.31. The van der Waals surface area contributed by atoms with Crippen LogP contribution in [0.1, 0.15) is 18.4 Å². The van der Waals surface area contributed by atoms with Crippen LogP contribution in [0.15, 0.2) is 53.5 Å². The van der Waals surface area contributed by atoms with Crippen LogP contribution in [0.25, 0.3) is 0 Å². The summed E-state index contributed by atoms with van der Waals surface area (Å²) in [6, 6.07) is 16.1. The van der Waals surface area contributed by atoms with Crippen LogP contribution < -0.4 is 20.1 Å². The van der Waals surface area contributed by atoms with E-state index < -0.39 is 0 Å². The van der Waals surface area contributed by atoms with Gasteiger partial charge in [0.05, 0.1) is 13.7 Å². The van der Waals surface area contributed by atoms with Gasteiger partial charge in [-0.05, 0) is 42.7 Å². The van der Waals surface area contributed by atoms with E-state index in [4.69, 9.17) is 14.2 Å². The van der Waals surface area contributed by atoms with Crippen molar-refractivity contribution < 1.29 is 14.2 Å². The molecule has 28 heavy (non-hydrogen) atoms. The second kappa shape index (κ2) is 12.6. The maximum absolute atomic E-state index is 5.74. The number of guanidine groups is 1. The van der Waals surface area contributed by atoms with Gasteiger partial charge >= 0.3 is 0 Å². The molecule has 0 heterocycles. The van der Waals surface area contributed by atoms with Crippen LogP contribution in [0.4, 0.5) is 5.69 Å². The summed E-state index contributed by atoms with van der Waals surface area (Å²) in [4.78, 5) is 4.29. The molecule has 0 bridgehead atoms. The molecule has 0 aliphatic heterocycles. The van der Waals surface area contributed by atoms with Crippen LogP contribution in [0, 0.1) is 0 Å². The van der Waals surface area contributed by atoms with E-state index in [1.165, 1.54) is 5.56 Å². The van der Waals surface area contributed by atoms with E-state index in [0.717, 1.165) is 49.0 Å². The number of nitrogens with zero attached hydrogens (tertiary/aromatic N) is 1. The van der Waals surface area contributed by atoms with Crippen LogP contribution in [0.2, 0.25) is 0 Å². The first-order chi connectivity index (χ1) is 13.7. The zero-order chi connectivity index (χ0) is 20.0. The molecule has 0 radical (unpaired) electrons. The van der Waals surface area contributed by atoms with Crippen molar-refractivity contribution in [1.82, 2.24) is 5.32 Å². The smallest absolute Gasteiger partial charge is 0.195 e. The number of ether oxygens (including phenoxy) is 3. The third-order valence-electron chi connectivity index (χ3n) is 4.18. The van der Waals surface area contributed by atoms with Crippen molar-refractivity contribution in [2.45, 2.75) is 19.3 Å². The summed E-state index contributed by atoms with van der Waals surface area (Å²) >= 11 is 0. The number of hydrogen-bond acceptors (Lipinski definition) is 4. The third-order valence-corrected chi connectivity index (χ3v) is 4.18. The molecule has 0 aliphatic rings. The van der Waals surface area contributed by atoms with Crippen molar-refractivity contribution in [3.63, 3.8) is 0 Å². The summed E-state index contributed by atoms with van der Waals surface area (Å²) in [5.41, 5.74) is 2.23. The number of benzene rings is 2. The molecule has 0 amide bonds.